The van der Waals surface area contributed by atoms with Gasteiger partial charge in [-0.3, -0.25) is 0 Å². The Morgan fingerprint density at radius 2 is 2.23 bits per heavy atom. The molecule has 3 nitrogen and oxygen atoms in total. The van der Waals surface area contributed by atoms with Crippen molar-refractivity contribution in [3.63, 3.8) is 0 Å². The highest BCUT2D eigenvalue weighted by Gasteiger charge is 2.13. The number of likely N-dealkylation sites (N-methyl/N-ethyl adjacent to an activating group) is 1. The quantitative estimate of drug-likeness (QED) is 0.735. The van der Waals surface area contributed by atoms with Crippen molar-refractivity contribution in [1.82, 2.24) is 5.32 Å². The Morgan fingerprint density at radius 1 is 1.54 bits per heavy atom. The van der Waals surface area contributed by atoms with E-state index in [1.807, 2.05) is 12.1 Å². The molecule has 72 valence electrons. The molecule has 3 N–H and O–H groups in total. The van der Waals surface area contributed by atoms with E-state index in [9.17, 15) is 5.11 Å². The lowest BCUT2D eigenvalue weighted by Crippen LogP contribution is -2.20. The fraction of sp³-hybridized carbons (Fsp3) is 0.333. The molecular weight excluding hydrogens is 281 g/mol. The van der Waals surface area contributed by atoms with E-state index in [1.165, 1.54) is 0 Å². The molecule has 0 aliphatic carbocycles. The van der Waals surface area contributed by atoms with Crippen LogP contribution in [0.2, 0.25) is 0 Å². The predicted molar refractivity (Wildman–Crippen MR) is 59.7 cm³/mol. The fourth-order valence-electron chi connectivity index (χ4n) is 1.16. The lowest BCUT2D eigenvalue weighted by molar-refractivity contribution is 0.248. The maximum atomic E-state index is 9.67. The number of benzene rings is 1. The molecular formula is C9H12INO2. The second-order valence-corrected chi connectivity index (χ2v) is 3.86. The summed E-state index contributed by atoms with van der Waals surface area (Å²) >= 11 is 2.06. The summed E-state index contributed by atoms with van der Waals surface area (Å²) in [5.41, 5.74) is 0.733. The highest BCUT2D eigenvalue weighted by Crippen LogP contribution is 2.28. The Morgan fingerprint density at radius 3 is 2.77 bits per heavy atom. The number of para-hydroxylation sites is 1. The molecule has 13 heavy (non-hydrogen) atoms. The van der Waals surface area contributed by atoms with Gasteiger partial charge in [-0.15, -0.1) is 0 Å². The van der Waals surface area contributed by atoms with Crippen molar-refractivity contribution < 1.29 is 10.2 Å². The zero-order valence-electron chi connectivity index (χ0n) is 7.29. The molecule has 1 rings (SSSR count). The molecule has 1 aromatic rings. The lowest BCUT2D eigenvalue weighted by atomic mass is 10.1. The second-order valence-electron chi connectivity index (χ2n) is 2.70. The van der Waals surface area contributed by atoms with Gasteiger partial charge in [0.25, 0.3) is 0 Å². The van der Waals surface area contributed by atoms with Crippen LogP contribution in [-0.4, -0.2) is 23.9 Å². The van der Waals surface area contributed by atoms with Gasteiger partial charge in [-0.1, -0.05) is 12.1 Å². The van der Waals surface area contributed by atoms with Gasteiger partial charge in [-0.25, -0.2) is 0 Å². The number of aromatic hydroxyl groups is 1. The minimum absolute atomic E-state index is 0.0237. The number of rotatable bonds is 3. The first kappa shape index (κ1) is 10.7. The van der Waals surface area contributed by atoms with Gasteiger partial charge in [0, 0.05) is 5.56 Å². The highest BCUT2D eigenvalue weighted by atomic mass is 127. The molecule has 0 bridgehead atoms. The maximum Gasteiger partial charge on any atom is 0.133 e. The molecule has 0 saturated heterocycles. The molecule has 0 spiro atoms. The molecule has 0 amide bonds. The van der Waals surface area contributed by atoms with Crippen molar-refractivity contribution in [3.05, 3.63) is 27.3 Å². The number of nitrogens with one attached hydrogen (secondary N) is 1. The van der Waals surface area contributed by atoms with Gasteiger partial charge in [0.2, 0.25) is 0 Å². The van der Waals surface area contributed by atoms with E-state index < -0.39 is 0 Å². The number of hydrogen-bond acceptors (Lipinski definition) is 3. The summed E-state index contributed by atoms with van der Waals surface area (Å²) in [6.45, 7) is -0.0237. The molecule has 0 fully saturated rings. The van der Waals surface area contributed by atoms with Crippen LogP contribution < -0.4 is 5.32 Å². The summed E-state index contributed by atoms with van der Waals surface area (Å²) < 4.78 is 0.795. The second kappa shape index (κ2) is 4.78. The van der Waals surface area contributed by atoms with Crippen LogP contribution >= 0.6 is 22.6 Å². The summed E-state index contributed by atoms with van der Waals surface area (Å²) in [5, 5.41) is 21.6. The van der Waals surface area contributed by atoms with Gasteiger partial charge in [-0.05, 0) is 35.7 Å². The van der Waals surface area contributed by atoms with Crippen LogP contribution in [0, 0.1) is 3.57 Å². The maximum absolute atomic E-state index is 9.67. The molecule has 0 saturated carbocycles. The largest absolute Gasteiger partial charge is 0.506 e. The average Bonchev–Trinajstić information content (AvgIpc) is 2.14. The molecule has 0 radical (unpaired) electrons. The zero-order chi connectivity index (χ0) is 9.84. The van der Waals surface area contributed by atoms with Crippen LogP contribution in [0.4, 0.5) is 0 Å². The minimum Gasteiger partial charge on any atom is -0.506 e. The van der Waals surface area contributed by atoms with E-state index in [4.69, 9.17) is 5.11 Å². The topological polar surface area (TPSA) is 52.5 Å². The average molecular weight is 293 g/mol. The Kier molecular flexibility index (Phi) is 3.95. The fourth-order valence-corrected chi connectivity index (χ4v) is 1.68. The normalized spacial score (nSPS) is 12.8. The van der Waals surface area contributed by atoms with Crippen molar-refractivity contribution in [1.29, 1.82) is 0 Å². The monoisotopic (exact) mass is 293 g/mol. The third-order valence-electron chi connectivity index (χ3n) is 1.92. The molecule has 0 aliphatic rings. The van der Waals surface area contributed by atoms with Crippen LogP contribution in [0.25, 0.3) is 0 Å². The molecule has 1 atom stereocenters. The van der Waals surface area contributed by atoms with Crippen molar-refractivity contribution in [2.75, 3.05) is 13.7 Å². The first-order chi connectivity index (χ1) is 6.20. The predicted octanol–water partition coefficient (Wildman–Crippen LogP) is 1.25. The van der Waals surface area contributed by atoms with Gasteiger partial charge in [0.05, 0.1) is 16.2 Å². The van der Waals surface area contributed by atoms with Crippen LogP contribution in [0.1, 0.15) is 11.6 Å². The molecule has 0 unspecified atom stereocenters. The van der Waals surface area contributed by atoms with Crippen LogP contribution in [0.15, 0.2) is 18.2 Å². The summed E-state index contributed by atoms with van der Waals surface area (Å²) in [5.74, 6) is 0.247. The Hall–Kier alpha value is -0.330. The van der Waals surface area contributed by atoms with Crippen LogP contribution in [-0.2, 0) is 0 Å². The van der Waals surface area contributed by atoms with Gasteiger partial charge in [0.1, 0.15) is 5.75 Å². The van der Waals surface area contributed by atoms with E-state index in [0.717, 1.165) is 9.13 Å². The van der Waals surface area contributed by atoms with Gasteiger partial charge in [0.15, 0.2) is 0 Å². The van der Waals surface area contributed by atoms with Crippen LogP contribution in [0.3, 0.4) is 0 Å². The molecule has 0 heterocycles. The third-order valence-corrected chi connectivity index (χ3v) is 2.79. The van der Waals surface area contributed by atoms with E-state index in [0.29, 0.717) is 0 Å². The Bertz CT molecular complexity index is 287. The summed E-state index contributed by atoms with van der Waals surface area (Å²) in [6, 6.07) is 5.28. The van der Waals surface area contributed by atoms with E-state index in [2.05, 4.69) is 27.9 Å². The van der Waals surface area contributed by atoms with Crippen LogP contribution in [0.5, 0.6) is 5.75 Å². The number of hydrogen-bond donors (Lipinski definition) is 3. The SMILES string of the molecule is CN[C@H](CO)c1cccc(I)c1O. The zero-order valence-corrected chi connectivity index (χ0v) is 9.45. The van der Waals surface area contributed by atoms with E-state index >= 15 is 0 Å². The summed E-state index contributed by atoms with van der Waals surface area (Å²) in [7, 11) is 1.75. The van der Waals surface area contributed by atoms with Gasteiger partial charge < -0.3 is 15.5 Å². The Labute approximate surface area is 90.9 Å². The molecule has 0 aliphatic heterocycles. The first-order valence-corrected chi connectivity index (χ1v) is 5.04. The first-order valence-electron chi connectivity index (χ1n) is 3.96. The third kappa shape index (κ3) is 2.32. The van der Waals surface area contributed by atoms with Crippen molar-refractivity contribution in [3.8, 4) is 5.75 Å². The number of halogens is 1. The summed E-state index contributed by atoms with van der Waals surface area (Å²) in [4.78, 5) is 0. The number of phenolic OH excluding ortho intramolecular Hbond substituents is 1. The minimum atomic E-state index is -0.199. The highest BCUT2D eigenvalue weighted by molar-refractivity contribution is 14.1. The lowest BCUT2D eigenvalue weighted by Gasteiger charge is -2.15. The van der Waals surface area contributed by atoms with Crippen molar-refractivity contribution in [2.45, 2.75) is 6.04 Å². The van der Waals surface area contributed by atoms with Gasteiger partial charge >= 0.3 is 0 Å². The molecule has 1 aromatic carbocycles. The standard InChI is InChI=1S/C9H12INO2/c1-11-8(5-12)6-3-2-4-7(10)9(6)13/h2-4,8,11-13H,5H2,1H3/t8-/m1/s1. The molecule has 0 aromatic heterocycles. The van der Waals surface area contributed by atoms with E-state index in [1.54, 1.807) is 13.1 Å². The number of aliphatic hydroxyl groups is 1. The van der Waals surface area contributed by atoms with Crippen molar-refractivity contribution >= 4 is 22.6 Å². The van der Waals surface area contributed by atoms with E-state index in [-0.39, 0.29) is 18.4 Å². The molecule has 4 heteroatoms. The number of phenols is 1. The van der Waals surface area contributed by atoms with Gasteiger partial charge in [-0.2, -0.15) is 0 Å². The van der Waals surface area contributed by atoms with Crippen molar-refractivity contribution in [2.24, 2.45) is 0 Å². The Balaban J connectivity index is 3.05. The number of aliphatic hydroxyl groups excluding tert-OH is 1. The smallest absolute Gasteiger partial charge is 0.133 e. The summed E-state index contributed by atoms with van der Waals surface area (Å²) in [6.07, 6.45) is 0.